The smallest absolute Gasteiger partial charge is 0.292 e. The first-order valence-electron chi connectivity index (χ1n) is 4.81. The number of rotatable bonds is 5. The molecule has 6 heteroatoms. The zero-order valence-electron chi connectivity index (χ0n) is 8.64. The molecule has 0 atom stereocenters. The second kappa shape index (κ2) is 5.68. The van der Waals surface area contributed by atoms with Crippen molar-refractivity contribution in [3.05, 3.63) is 33.9 Å². The number of nitriles is 1. The fourth-order valence-electron chi connectivity index (χ4n) is 1.23. The van der Waals surface area contributed by atoms with Crippen LogP contribution in [0.25, 0.3) is 0 Å². The largest absolute Gasteiger partial charge is 0.379 e. The van der Waals surface area contributed by atoms with Gasteiger partial charge in [0.25, 0.3) is 5.69 Å². The summed E-state index contributed by atoms with van der Waals surface area (Å²) in [5, 5.41) is 22.3. The van der Waals surface area contributed by atoms with E-state index < -0.39 is 4.92 Å². The zero-order chi connectivity index (χ0) is 12.0. The Hall–Kier alpha value is -2.13. The van der Waals surface area contributed by atoms with Crippen LogP contribution in [-0.4, -0.2) is 18.0 Å². The number of nitrogens with two attached hydrogens (primary N) is 1. The summed E-state index contributed by atoms with van der Waals surface area (Å²) < 4.78 is 0. The molecular formula is C10H12N4O2. The second-order valence-electron chi connectivity index (χ2n) is 3.17. The van der Waals surface area contributed by atoms with Crippen LogP contribution in [0.3, 0.4) is 0 Å². The van der Waals surface area contributed by atoms with Crippen LogP contribution in [0, 0.1) is 21.4 Å². The summed E-state index contributed by atoms with van der Waals surface area (Å²) >= 11 is 0. The van der Waals surface area contributed by atoms with Gasteiger partial charge in [-0.3, -0.25) is 10.1 Å². The molecule has 1 aromatic carbocycles. The van der Waals surface area contributed by atoms with E-state index in [1.807, 2.05) is 6.07 Å². The number of nitro groups is 1. The molecule has 0 saturated heterocycles. The van der Waals surface area contributed by atoms with Gasteiger partial charge in [0.2, 0.25) is 0 Å². The van der Waals surface area contributed by atoms with E-state index in [9.17, 15) is 10.1 Å². The van der Waals surface area contributed by atoms with Crippen LogP contribution in [0.4, 0.5) is 11.4 Å². The SMILES string of the molecule is N#Cc1ccc([N+](=O)[O-])c(NCCCN)c1. The molecule has 0 fully saturated rings. The van der Waals surface area contributed by atoms with Gasteiger partial charge < -0.3 is 11.1 Å². The average Bonchev–Trinajstić information content (AvgIpc) is 2.29. The van der Waals surface area contributed by atoms with Gasteiger partial charge in [-0.1, -0.05) is 0 Å². The van der Waals surface area contributed by atoms with Gasteiger partial charge in [-0.05, 0) is 25.1 Å². The fourth-order valence-corrected chi connectivity index (χ4v) is 1.23. The number of hydrogen-bond donors (Lipinski definition) is 2. The van der Waals surface area contributed by atoms with Crippen LogP contribution in [0.15, 0.2) is 18.2 Å². The third-order valence-electron chi connectivity index (χ3n) is 2.02. The lowest BCUT2D eigenvalue weighted by molar-refractivity contribution is -0.384. The highest BCUT2D eigenvalue weighted by atomic mass is 16.6. The van der Waals surface area contributed by atoms with Crippen LogP contribution in [-0.2, 0) is 0 Å². The number of benzene rings is 1. The Labute approximate surface area is 92.8 Å². The summed E-state index contributed by atoms with van der Waals surface area (Å²) in [6, 6.07) is 6.15. The predicted octanol–water partition coefficient (Wildman–Crippen LogP) is 1.23. The molecule has 0 aliphatic carbocycles. The highest BCUT2D eigenvalue weighted by molar-refractivity contribution is 5.64. The minimum absolute atomic E-state index is 0.0315. The molecule has 0 aromatic heterocycles. The Balaban J connectivity index is 2.92. The maximum atomic E-state index is 10.7. The standard InChI is InChI=1S/C10H12N4O2/c11-4-1-5-13-9-6-8(7-12)2-3-10(9)14(15)16/h2-3,6,13H,1,4-5,11H2. The molecule has 0 amide bonds. The van der Waals surface area contributed by atoms with Crippen LogP contribution >= 0.6 is 0 Å². The minimum atomic E-state index is -0.480. The lowest BCUT2D eigenvalue weighted by Gasteiger charge is -2.06. The Bertz CT molecular complexity index is 425. The Morgan fingerprint density at radius 1 is 1.56 bits per heavy atom. The van der Waals surface area contributed by atoms with E-state index >= 15 is 0 Å². The number of anilines is 1. The topological polar surface area (TPSA) is 105 Å². The lowest BCUT2D eigenvalue weighted by Crippen LogP contribution is -2.09. The van der Waals surface area contributed by atoms with Crippen molar-refractivity contribution in [2.24, 2.45) is 5.73 Å². The number of nitro benzene ring substituents is 1. The lowest BCUT2D eigenvalue weighted by atomic mass is 10.2. The average molecular weight is 220 g/mol. The van der Waals surface area contributed by atoms with Crippen molar-refractivity contribution >= 4 is 11.4 Å². The van der Waals surface area contributed by atoms with Crippen molar-refractivity contribution in [1.82, 2.24) is 0 Å². The van der Waals surface area contributed by atoms with Gasteiger partial charge in [-0.25, -0.2) is 0 Å². The van der Waals surface area contributed by atoms with Gasteiger partial charge in [-0.15, -0.1) is 0 Å². The first-order chi connectivity index (χ1) is 7.69. The number of nitrogens with one attached hydrogen (secondary N) is 1. The minimum Gasteiger partial charge on any atom is -0.379 e. The van der Waals surface area contributed by atoms with E-state index in [2.05, 4.69) is 5.32 Å². The molecule has 84 valence electrons. The summed E-state index contributed by atoms with van der Waals surface area (Å²) in [6.07, 6.45) is 0.716. The monoisotopic (exact) mass is 220 g/mol. The first-order valence-corrected chi connectivity index (χ1v) is 4.81. The summed E-state index contributed by atoms with van der Waals surface area (Å²) in [4.78, 5) is 10.2. The van der Waals surface area contributed by atoms with Crippen LogP contribution in [0.5, 0.6) is 0 Å². The van der Waals surface area contributed by atoms with E-state index in [0.29, 0.717) is 30.8 Å². The summed E-state index contributed by atoms with van der Waals surface area (Å²) in [7, 11) is 0. The molecular weight excluding hydrogens is 208 g/mol. The van der Waals surface area contributed by atoms with Gasteiger partial charge in [0, 0.05) is 12.6 Å². The summed E-state index contributed by atoms with van der Waals surface area (Å²) in [5.41, 5.74) is 6.04. The molecule has 6 nitrogen and oxygen atoms in total. The second-order valence-corrected chi connectivity index (χ2v) is 3.17. The molecule has 0 unspecified atom stereocenters. The summed E-state index contributed by atoms with van der Waals surface area (Å²) in [5.74, 6) is 0. The first kappa shape index (κ1) is 11.9. The number of hydrogen-bond acceptors (Lipinski definition) is 5. The fraction of sp³-hybridized carbons (Fsp3) is 0.300. The molecule has 1 rings (SSSR count). The maximum absolute atomic E-state index is 10.7. The third-order valence-corrected chi connectivity index (χ3v) is 2.02. The van der Waals surface area contributed by atoms with Gasteiger partial charge in [0.1, 0.15) is 5.69 Å². The summed E-state index contributed by atoms with van der Waals surface area (Å²) in [6.45, 7) is 1.06. The van der Waals surface area contributed by atoms with Crippen molar-refractivity contribution in [2.75, 3.05) is 18.4 Å². The molecule has 0 saturated carbocycles. The van der Waals surface area contributed by atoms with E-state index in [0.717, 1.165) is 0 Å². The molecule has 0 radical (unpaired) electrons. The van der Waals surface area contributed by atoms with E-state index in [1.165, 1.54) is 18.2 Å². The van der Waals surface area contributed by atoms with E-state index in [1.54, 1.807) is 0 Å². The molecule has 0 aliphatic heterocycles. The quantitative estimate of drug-likeness (QED) is 0.441. The van der Waals surface area contributed by atoms with Gasteiger partial charge >= 0.3 is 0 Å². The van der Waals surface area contributed by atoms with Crippen LogP contribution in [0.1, 0.15) is 12.0 Å². The molecule has 0 heterocycles. The molecule has 1 aromatic rings. The van der Waals surface area contributed by atoms with Gasteiger partial charge in [-0.2, -0.15) is 5.26 Å². The molecule has 16 heavy (non-hydrogen) atoms. The van der Waals surface area contributed by atoms with E-state index in [4.69, 9.17) is 11.0 Å². The molecule has 0 aliphatic rings. The number of nitrogens with zero attached hydrogens (tertiary/aromatic N) is 2. The van der Waals surface area contributed by atoms with E-state index in [-0.39, 0.29) is 5.69 Å². The van der Waals surface area contributed by atoms with Crippen molar-refractivity contribution in [3.8, 4) is 6.07 Å². The highest BCUT2D eigenvalue weighted by Crippen LogP contribution is 2.24. The molecule has 0 bridgehead atoms. The van der Waals surface area contributed by atoms with Crippen molar-refractivity contribution in [3.63, 3.8) is 0 Å². The van der Waals surface area contributed by atoms with Crippen molar-refractivity contribution in [1.29, 1.82) is 5.26 Å². The van der Waals surface area contributed by atoms with Crippen LogP contribution < -0.4 is 11.1 Å². The predicted molar refractivity (Wildman–Crippen MR) is 60.0 cm³/mol. The van der Waals surface area contributed by atoms with Crippen LogP contribution in [0.2, 0.25) is 0 Å². The highest BCUT2D eigenvalue weighted by Gasteiger charge is 2.13. The normalized spacial score (nSPS) is 9.50. The molecule has 0 spiro atoms. The molecule has 3 N–H and O–H groups in total. The zero-order valence-corrected chi connectivity index (χ0v) is 8.64. The van der Waals surface area contributed by atoms with Gasteiger partial charge in [0.15, 0.2) is 0 Å². The maximum Gasteiger partial charge on any atom is 0.292 e. The Morgan fingerprint density at radius 3 is 2.88 bits per heavy atom. The Morgan fingerprint density at radius 2 is 2.31 bits per heavy atom. The van der Waals surface area contributed by atoms with Gasteiger partial charge in [0.05, 0.1) is 16.6 Å². The third kappa shape index (κ3) is 2.93. The van der Waals surface area contributed by atoms with Crippen molar-refractivity contribution < 1.29 is 4.92 Å². The Kier molecular flexibility index (Phi) is 4.24. The van der Waals surface area contributed by atoms with Crippen molar-refractivity contribution in [2.45, 2.75) is 6.42 Å².